The number of hydrogen-bond donors (Lipinski definition) is 0. The molecule has 1 aliphatic heterocycles. The quantitative estimate of drug-likeness (QED) is 0.874. The van der Waals surface area contributed by atoms with Crippen molar-refractivity contribution in [3.8, 4) is 11.3 Å². The van der Waals surface area contributed by atoms with Crippen molar-refractivity contribution in [1.82, 2.24) is 14.9 Å². The molecule has 4 nitrogen and oxygen atoms in total. The van der Waals surface area contributed by atoms with Gasteiger partial charge in [0.05, 0.1) is 11.4 Å². The maximum absolute atomic E-state index is 11.6. The standard InChI is InChI=1S/C19H23N3O/c1-14-5-7-17(8-6-14)19-18(20-9-10-21-19)12-16-4-3-11-22(13-16)15(2)23/h5-10,16H,3-4,11-13H2,1-2H3/t16-/m1/s1. The Morgan fingerprint density at radius 3 is 2.70 bits per heavy atom. The van der Waals surface area contributed by atoms with Crippen molar-refractivity contribution in [2.24, 2.45) is 5.92 Å². The third kappa shape index (κ3) is 3.76. The van der Waals surface area contributed by atoms with Crippen LogP contribution < -0.4 is 0 Å². The van der Waals surface area contributed by atoms with Gasteiger partial charge in [0.2, 0.25) is 5.91 Å². The van der Waals surface area contributed by atoms with E-state index in [2.05, 4.69) is 41.2 Å². The number of aromatic nitrogens is 2. The van der Waals surface area contributed by atoms with E-state index >= 15 is 0 Å². The van der Waals surface area contributed by atoms with Crippen molar-refractivity contribution >= 4 is 5.91 Å². The molecule has 2 aromatic rings. The van der Waals surface area contributed by atoms with E-state index in [9.17, 15) is 4.79 Å². The van der Waals surface area contributed by atoms with Crippen molar-refractivity contribution in [3.05, 3.63) is 47.9 Å². The fourth-order valence-electron chi connectivity index (χ4n) is 3.26. The van der Waals surface area contributed by atoms with Crippen LogP contribution in [0.15, 0.2) is 36.7 Å². The number of carbonyl (C=O) groups excluding carboxylic acids is 1. The minimum absolute atomic E-state index is 0.174. The van der Waals surface area contributed by atoms with Crippen molar-refractivity contribution in [3.63, 3.8) is 0 Å². The van der Waals surface area contributed by atoms with Crippen LogP contribution in [0.1, 0.15) is 31.0 Å². The van der Waals surface area contributed by atoms with Crippen molar-refractivity contribution in [2.45, 2.75) is 33.1 Å². The molecule has 1 aromatic carbocycles. The molecule has 3 rings (SSSR count). The first-order chi connectivity index (χ1) is 11.1. The van der Waals surface area contributed by atoms with E-state index in [1.807, 2.05) is 4.90 Å². The van der Waals surface area contributed by atoms with Gasteiger partial charge in [-0.05, 0) is 32.1 Å². The molecule has 0 bridgehead atoms. The molecule has 4 heteroatoms. The van der Waals surface area contributed by atoms with Gasteiger partial charge in [-0.25, -0.2) is 0 Å². The lowest BCUT2D eigenvalue weighted by Gasteiger charge is -2.32. The topological polar surface area (TPSA) is 46.1 Å². The highest BCUT2D eigenvalue weighted by molar-refractivity contribution is 5.73. The predicted molar refractivity (Wildman–Crippen MR) is 90.9 cm³/mol. The molecule has 1 aromatic heterocycles. The summed E-state index contributed by atoms with van der Waals surface area (Å²) >= 11 is 0. The highest BCUT2D eigenvalue weighted by Gasteiger charge is 2.23. The van der Waals surface area contributed by atoms with Gasteiger partial charge in [0.15, 0.2) is 0 Å². The smallest absolute Gasteiger partial charge is 0.219 e. The normalized spacial score (nSPS) is 18.0. The van der Waals surface area contributed by atoms with Gasteiger partial charge < -0.3 is 4.90 Å². The summed E-state index contributed by atoms with van der Waals surface area (Å²) in [6.07, 6.45) is 6.61. The van der Waals surface area contributed by atoms with Gasteiger partial charge in [0.25, 0.3) is 0 Å². The van der Waals surface area contributed by atoms with Gasteiger partial charge in [-0.15, -0.1) is 0 Å². The van der Waals surface area contributed by atoms with Gasteiger partial charge in [0, 0.05) is 38.0 Å². The average Bonchev–Trinajstić information content (AvgIpc) is 2.56. The molecule has 23 heavy (non-hydrogen) atoms. The fraction of sp³-hybridized carbons (Fsp3) is 0.421. The minimum atomic E-state index is 0.174. The third-order valence-corrected chi connectivity index (χ3v) is 4.55. The first kappa shape index (κ1) is 15.7. The summed E-state index contributed by atoms with van der Waals surface area (Å²) in [6.45, 7) is 5.46. The number of amides is 1. The van der Waals surface area contributed by atoms with Crippen LogP contribution in [0.5, 0.6) is 0 Å². The largest absolute Gasteiger partial charge is 0.343 e. The van der Waals surface area contributed by atoms with E-state index in [0.717, 1.165) is 49.3 Å². The predicted octanol–water partition coefficient (Wildman–Crippen LogP) is 3.25. The molecule has 0 saturated carbocycles. The van der Waals surface area contributed by atoms with Crippen LogP contribution in [0.4, 0.5) is 0 Å². The number of likely N-dealkylation sites (tertiary alicyclic amines) is 1. The number of piperidine rings is 1. The van der Waals surface area contributed by atoms with Crippen LogP contribution in [0.2, 0.25) is 0 Å². The summed E-state index contributed by atoms with van der Waals surface area (Å²) < 4.78 is 0. The lowest BCUT2D eigenvalue weighted by molar-refractivity contribution is -0.130. The average molecular weight is 309 g/mol. The molecule has 0 aliphatic carbocycles. The van der Waals surface area contributed by atoms with Crippen molar-refractivity contribution in [1.29, 1.82) is 0 Å². The Balaban J connectivity index is 1.80. The van der Waals surface area contributed by atoms with Gasteiger partial charge in [-0.3, -0.25) is 14.8 Å². The van der Waals surface area contributed by atoms with E-state index in [1.165, 1.54) is 5.56 Å². The Labute approximate surface area is 137 Å². The molecule has 2 heterocycles. The summed E-state index contributed by atoms with van der Waals surface area (Å²) in [4.78, 5) is 22.7. The van der Waals surface area contributed by atoms with E-state index in [4.69, 9.17) is 0 Å². The zero-order valence-electron chi connectivity index (χ0n) is 13.8. The summed E-state index contributed by atoms with van der Waals surface area (Å²) in [6, 6.07) is 8.41. The second kappa shape index (κ2) is 6.90. The molecule has 0 spiro atoms. The number of benzene rings is 1. The molecular formula is C19H23N3O. The number of rotatable bonds is 3. The number of nitrogens with zero attached hydrogens (tertiary/aromatic N) is 3. The lowest BCUT2D eigenvalue weighted by Crippen LogP contribution is -2.39. The summed E-state index contributed by atoms with van der Waals surface area (Å²) in [5.74, 6) is 0.640. The Bertz CT molecular complexity index is 681. The van der Waals surface area contributed by atoms with Crippen LogP contribution in [0.25, 0.3) is 11.3 Å². The molecule has 1 aliphatic rings. The molecule has 120 valence electrons. The van der Waals surface area contributed by atoms with Gasteiger partial charge in [0.1, 0.15) is 0 Å². The molecule has 1 fully saturated rings. The molecule has 1 saturated heterocycles. The van der Waals surface area contributed by atoms with Crippen LogP contribution in [-0.4, -0.2) is 33.9 Å². The summed E-state index contributed by atoms with van der Waals surface area (Å²) in [7, 11) is 0. The second-order valence-corrected chi connectivity index (χ2v) is 6.40. The molecular weight excluding hydrogens is 286 g/mol. The Kier molecular flexibility index (Phi) is 4.70. The van der Waals surface area contributed by atoms with Crippen LogP contribution in [0, 0.1) is 12.8 Å². The second-order valence-electron chi connectivity index (χ2n) is 6.40. The molecule has 0 N–H and O–H groups in total. The van der Waals surface area contributed by atoms with Crippen molar-refractivity contribution < 1.29 is 4.79 Å². The summed E-state index contributed by atoms with van der Waals surface area (Å²) in [5, 5.41) is 0. The van der Waals surface area contributed by atoms with Gasteiger partial charge in [-0.1, -0.05) is 29.8 Å². The number of carbonyl (C=O) groups is 1. The SMILES string of the molecule is CC(=O)N1CCC[C@H](Cc2nccnc2-c2ccc(C)cc2)C1. The fourth-order valence-corrected chi connectivity index (χ4v) is 3.26. The van der Waals surface area contributed by atoms with Gasteiger partial charge in [-0.2, -0.15) is 0 Å². The molecule has 0 radical (unpaired) electrons. The number of hydrogen-bond acceptors (Lipinski definition) is 3. The zero-order chi connectivity index (χ0) is 16.2. The van der Waals surface area contributed by atoms with Crippen molar-refractivity contribution in [2.75, 3.05) is 13.1 Å². The van der Waals surface area contributed by atoms with Crippen LogP contribution in [0.3, 0.4) is 0 Å². The Morgan fingerprint density at radius 1 is 1.22 bits per heavy atom. The monoisotopic (exact) mass is 309 g/mol. The third-order valence-electron chi connectivity index (χ3n) is 4.55. The number of aryl methyl sites for hydroxylation is 1. The van der Waals surface area contributed by atoms with E-state index < -0.39 is 0 Å². The lowest BCUT2D eigenvalue weighted by atomic mass is 9.91. The zero-order valence-corrected chi connectivity index (χ0v) is 13.8. The minimum Gasteiger partial charge on any atom is -0.343 e. The Hall–Kier alpha value is -2.23. The molecule has 0 unspecified atom stereocenters. The molecule has 1 atom stereocenters. The highest BCUT2D eigenvalue weighted by Crippen LogP contribution is 2.26. The van der Waals surface area contributed by atoms with Crippen LogP contribution in [-0.2, 0) is 11.2 Å². The molecule has 1 amide bonds. The first-order valence-electron chi connectivity index (χ1n) is 8.26. The van der Waals surface area contributed by atoms with E-state index in [1.54, 1.807) is 19.3 Å². The van der Waals surface area contributed by atoms with Gasteiger partial charge >= 0.3 is 0 Å². The maximum atomic E-state index is 11.6. The van der Waals surface area contributed by atoms with E-state index in [0.29, 0.717) is 5.92 Å². The Morgan fingerprint density at radius 2 is 1.96 bits per heavy atom. The maximum Gasteiger partial charge on any atom is 0.219 e. The van der Waals surface area contributed by atoms with Crippen LogP contribution >= 0.6 is 0 Å². The highest BCUT2D eigenvalue weighted by atomic mass is 16.2. The van der Waals surface area contributed by atoms with E-state index in [-0.39, 0.29) is 5.91 Å². The summed E-state index contributed by atoms with van der Waals surface area (Å²) in [5.41, 5.74) is 4.35. The first-order valence-corrected chi connectivity index (χ1v) is 8.26.